The van der Waals surface area contributed by atoms with Gasteiger partial charge in [0.2, 0.25) is 11.7 Å². The first-order chi connectivity index (χ1) is 12.6. The van der Waals surface area contributed by atoms with Crippen LogP contribution in [0.3, 0.4) is 0 Å². The number of nitrogens with one attached hydrogen (secondary N) is 2. The molecule has 0 unspecified atom stereocenters. The van der Waals surface area contributed by atoms with E-state index in [0.29, 0.717) is 28.1 Å². The number of ether oxygens (including phenoxy) is 1. The van der Waals surface area contributed by atoms with E-state index in [9.17, 15) is 9.59 Å². The standard InChI is InChI=1S/C19H17ClN2O4/c1-25-13-6-4-5-12(11-13)21-19(24)18-17(22-16(23)9-10-20)14-7-2-3-8-15(14)26-18/h2-8,11H,9-10H2,1H3,(H,21,24)(H,22,23). The number of para-hydroxylation sites is 1. The third-order valence-electron chi connectivity index (χ3n) is 3.72. The molecule has 7 heteroatoms. The molecule has 3 rings (SSSR count). The molecule has 0 aliphatic rings. The molecule has 1 aromatic heterocycles. The third-order valence-corrected chi connectivity index (χ3v) is 3.90. The van der Waals surface area contributed by atoms with E-state index >= 15 is 0 Å². The largest absolute Gasteiger partial charge is 0.497 e. The first-order valence-corrected chi connectivity index (χ1v) is 8.48. The normalized spacial score (nSPS) is 10.5. The van der Waals surface area contributed by atoms with Crippen LogP contribution < -0.4 is 15.4 Å². The second kappa shape index (κ2) is 7.93. The number of alkyl halides is 1. The van der Waals surface area contributed by atoms with Crippen molar-refractivity contribution in [2.45, 2.75) is 6.42 Å². The Morgan fingerprint density at radius 2 is 1.92 bits per heavy atom. The molecule has 0 spiro atoms. The van der Waals surface area contributed by atoms with Crippen LogP contribution in [0.4, 0.5) is 11.4 Å². The summed E-state index contributed by atoms with van der Waals surface area (Å²) in [5, 5.41) is 6.12. The van der Waals surface area contributed by atoms with E-state index in [4.69, 9.17) is 20.8 Å². The summed E-state index contributed by atoms with van der Waals surface area (Å²) in [5.74, 6) is 0.0602. The first-order valence-electron chi connectivity index (χ1n) is 7.95. The Hall–Kier alpha value is -2.99. The quantitative estimate of drug-likeness (QED) is 0.633. The maximum atomic E-state index is 12.7. The molecule has 2 amide bonds. The van der Waals surface area contributed by atoms with Crippen molar-refractivity contribution in [3.05, 3.63) is 54.3 Å². The van der Waals surface area contributed by atoms with Crippen molar-refractivity contribution in [3.8, 4) is 5.75 Å². The van der Waals surface area contributed by atoms with E-state index in [2.05, 4.69) is 10.6 Å². The predicted molar refractivity (Wildman–Crippen MR) is 101 cm³/mol. The molecule has 0 saturated heterocycles. The zero-order chi connectivity index (χ0) is 18.5. The van der Waals surface area contributed by atoms with Gasteiger partial charge in [0.1, 0.15) is 17.0 Å². The van der Waals surface area contributed by atoms with Gasteiger partial charge in [0.05, 0.1) is 7.11 Å². The first kappa shape index (κ1) is 17.8. The molecule has 2 N–H and O–H groups in total. The average molecular weight is 373 g/mol. The van der Waals surface area contributed by atoms with Crippen LogP contribution in [0.2, 0.25) is 0 Å². The number of benzene rings is 2. The lowest BCUT2D eigenvalue weighted by Gasteiger charge is -2.08. The van der Waals surface area contributed by atoms with Gasteiger partial charge in [-0.1, -0.05) is 18.2 Å². The molecular weight excluding hydrogens is 356 g/mol. The van der Waals surface area contributed by atoms with Gasteiger partial charge in [0.15, 0.2) is 0 Å². The average Bonchev–Trinajstić information content (AvgIpc) is 3.01. The fourth-order valence-corrected chi connectivity index (χ4v) is 2.68. The molecule has 3 aromatic rings. The molecule has 0 bridgehead atoms. The van der Waals surface area contributed by atoms with Crippen LogP contribution in [0.25, 0.3) is 11.0 Å². The molecule has 2 aromatic carbocycles. The molecule has 0 aliphatic heterocycles. The van der Waals surface area contributed by atoms with Gasteiger partial charge in [0.25, 0.3) is 5.91 Å². The van der Waals surface area contributed by atoms with Gasteiger partial charge in [-0.25, -0.2) is 0 Å². The topological polar surface area (TPSA) is 80.6 Å². The summed E-state index contributed by atoms with van der Waals surface area (Å²) in [6.07, 6.45) is 0.137. The van der Waals surface area contributed by atoms with E-state index in [1.807, 2.05) is 0 Å². The second-order valence-corrected chi connectivity index (χ2v) is 5.85. The van der Waals surface area contributed by atoms with Crippen LogP contribution in [0.5, 0.6) is 5.75 Å². The molecule has 0 saturated carbocycles. The van der Waals surface area contributed by atoms with Crippen LogP contribution in [-0.4, -0.2) is 24.8 Å². The molecule has 1 heterocycles. The summed E-state index contributed by atoms with van der Waals surface area (Å²) in [4.78, 5) is 24.7. The molecule has 0 aliphatic carbocycles. The van der Waals surface area contributed by atoms with Crippen LogP contribution in [-0.2, 0) is 4.79 Å². The smallest absolute Gasteiger partial charge is 0.293 e. The summed E-state index contributed by atoms with van der Waals surface area (Å²) >= 11 is 5.62. The number of fused-ring (bicyclic) bond motifs is 1. The van der Waals surface area contributed by atoms with Gasteiger partial charge in [-0.2, -0.15) is 0 Å². The zero-order valence-corrected chi connectivity index (χ0v) is 14.8. The van der Waals surface area contributed by atoms with Crippen molar-refractivity contribution < 1.29 is 18.7 Å². The van der Waals surface area contributed by atoms with Gasteiger partial charge in [-0.15, -0.1) is 11.6 Å². The number of anilines is 2. The number of furan rings is 1. The minimum absolute atomic E-state index is 0.0249. The second-order valence-electron chi connectivity index (χ2n) is 5.48. The van der Waals surface area contributed by atoms with Crippen molar-refractivity contribution in [1.82, 2.24) is 0 Å². The SMILES string of the molecule is COc1cccc(NC(=O)c2oc3ccccc3c2NC(=O)CCCl)c1. The Kier molecular flexibility index (Phi) is 5.43. The molecule has 0 radical (unpaired) electrons. The molecule has 0 fully saturated rings. The van der Waals surface area contributed by atoms with E-state index in [1.54, 1.807) is 55.6 Å². The minimum Gasteiger partial charge on any atom is -0.497 e. The number of methoxy groups -OCH3 is 1. The number of hydrogen-bond acceptors (Lipinski definition) is 4. The number of amides is 2. The summed E-state index contributed by atoms with van der Waals surface area (Å²) in [6.45, 7) is 0. The van der Waals surface area contributed by atoms with Crippen molar-refractivity contribution in [2.24, 2.45) is 0 Å². The molecular formula is C19H17ClN2O4. The lowest BCUT2D eigenvalue weighted by atomic mass is 10.2. The van der Waals surface area contributed by atoms with Crippen LogP contribution >= 0.6 is 11.6 Å². The van der Waals surface area contributed by atoms with E-state index in [1.165, 1.54) is 0 Å². The monoisotopic (exact) mass is 372 g/mol. The number of carbonyl (C=O) groups excluding carboxylic acids is 2. The van der Waals surface area contributed by atoms with E-state index in [0.717, 1.165) is 0 Å². The maximum Gasteiger partial charge on any atom is 0.293 e. The highest BCUT2D eigenvalue weighted by Gasteiger charge is 2.22. The molecule has 26 heavy (non-hydrogen) atoms. The van der Waals surface area contributed by atoms with Gasteiger partial charge >= 0.3 is 0 Å². The van der Waals surface area contributed by atoms with Crippen molar-refractivity contribution in [1.29, 1.82) is 0 Å². The number of hydrogen-bond donors (Lipinski definition) is 2. The fraction of sp³-hybridized carbons (Fsp3) is 0.158. The molecule has 6 nitrogen and oxygen atoms in total. The molecule has 134 valence electrons. The number of halogens is 1. The third kappa shape index (κ3) is 3.81. The van der Waals surface area contributed by atoms with E-state index < -0.39 is 5.91 Å². The highest BCUT2D eigenvalue weighted by Crippen LogP contribution is 2.31. The summed E-state index contributed by atoms with van der Waals surface area (Å²) in [6, 6.07) is 14.1. The van der Waals surface area contributed by atoms with Crippen LogP contribution in [0.1, 0.15) is 17.0 Å². The summed E-state index contributed by atoms with van der Waals surface area (Å²) in [5.41, 5.74) is 1.38. The highest BCUT2D eigenvalue weighted by atomic mass is 35.5. The van der Waals surface area contributed by atoms with Crippen molar-refractivity contribution in [3.63, 3.8) is 0 Å². The van der Waals surface area contributed by atoms with E-state index in [-0.39, 0.29) is 24.0 Å². The Bertz CT molecular complexity index is 952. The van der Waals surface area contributed by atoms with Gasteiger partial charge < -0.3 is 19.8 Å². The fourth-order valence-electron chi connectivity index (χ4n) is 2.51. The van der Waals surface area contributed by atoms with Crippen molar-refractivity contribution in [2.75, 3.05) is 23.6 Å². The predicted octanol–water partition coefficient (Wildman–Crippen LogP) is 4.26. The number of carbonyl (C=O) groups is 2. The van der Waals surface area contributed by atoms with Gasteiger partial charge in [-0.05, 0) is 24.3 Å². The molecule has 0 atom stereocenters. The minimum atomic E-state index is -0.476. The maximum absolute atomic E-state index is 12.7. The highest BCUT2D eigenvalue weighted by molar-refractivity contribution is 6.20. The van der Waals surface area contributed by atoms with Crippen molar-refractivity contribution >= 4 is 45.8 Å². The van der Waals surface area contributed by atoms with Gasteiger partial charge in [-0.3, -0.25) is 9.59 Å². The number of rotatable bonds is 6. The Morgan fingerprint density at radius 1 is 1.12 bits per heavy atom. The lowest BCUT2D eigenvalue weighted by molar-refractivity contribution is -0.115. The lowest BCUT2D eigenvalue weighted by Crippen LogP contribution is -2.17. The zero-order valence-electron chi connectivity index (χ0n) is 14.0. The Labute approximate surface area is 155 Å². The Morgan fingerprint density at radius 3 is 2.69 bits per heavy atom. The summed E-state index contributed by atoms with van der Waals surface area (Å²) < 4.78 is 10.8. The van der Waals surface area contributed by atoms with Gasteiger partial charge in [0, 0.05) is 29.4 Å². The summed E-state index contributed by atoms with van der Waals surface area (Å²) in [7, 11) is 1.55. The van der Waals surface area contributed by atoms with Crippen LogP contribution in [0.15, 0.2) is 52.9 Å². The Balaban J connectivity index is 1.94. The van der Waals surface area contributed by atoms with Crippen LogP contribution in [0, 0.1) is 0 Å².